The summed E-state index contributed by atoms with van der Waals surface area (Å²) < 4.78 is 48.7. The Balaban J connectivity index is 1.90. The van der Waals surface area contributed by atoms with Gasteiger partial charge in [-0.3, -0.25) is 4.79 Å². The van der Waals surface area contributed by atoms with E-state index in [0.29, 0.717) is 49.6 Å². The first-order valence-electron chi connectivity index (χ1n) is 10.4. The number of nitrogens with zero attached hydrogens (tertiary/aromatic N) is 3. The highest BCUT2D eigenvalue weighted by Gasteiger charge is 2.26. The van der Waals surface area contributed by atoms with E-state index in [1.54, 1.807) is 12.1 Å². The number of aryl methyl sites for hydroxylation is 1. The van der Waals surface area contributed by atoms with Crippen LogP contribution in [0.2, 0.25) is 0 Å². The third kappa shape index (κ3) is 6.18. The molecule has 33 heavy (non-hydrogen) atoms. The van der Waals surface area contributed by atoms with Crippen molar-refractivity contribution in [1.29, 1.82) is 0 Å². The summed E-state index contributed by atoms with van der Waals surface area (Å²) in [5, 5.41) is 6.27. The maximum Gasteiger partial charge on any atom is 0.271 e. The largest absolute Gasteiger partial charge is 0.366 e. The number of benzene rings is 1. The number of nitrogens with two attached hydrogens (primary N) is 1. The number of primary amides is 1. The van der Waals surface area contributed by atoms with Crippen molar-refractivity contribution in [2.45, 2.75) is 37.1 Å². The third-order valence-electron chi connectivity index (χ3n) is 5.33. The maximum atomic E-state index is 12.0. The van der Waals surface area contributed by atoms with Crippen LogP contribution in [0.4, 0.5) is 17.3 Å². The van der Waals surface area contributed by atoms with Crippen molar-refractivity contribution in [3.63, 3.8) is 0 Å². The SMILES string of the molecule is CCc1nc(C(N)=O)c(Nc2cccc(S(C)(=O)=O)c2)nc1NC1CCN(S(C)(=O)=O)CC1. The molecule has 1 amide bonds. The average Bonchev–Trinajstić information content (AvgIpc) is 2.73. The number of hydrogen-bond acceptors (Lipinski definition) is 9. The first-order valence-corrected chi connectivity index (χ1v) is 14.1. The summed E-state index contributed by atoms with van der Waals surface area (Å²) in [6.07, 6.45) is 3.97. The molecule has 0 bridgehead atoms. The van der Waals surface area contributed by atoms with Crippen LogP contribution in [0.5, 0.6) is 0 Å². The van der Waals surface area contributed by atoms with E-state index in [-0.39, 0.29) is 22.4 Å². The highest BCUT2D eigenvalue weighted by atomic mass is 32.2. The van der Waals surface area contributed by atoms with Crippen LogP contribution in [0.15, 0.2) is 29.2 Å². The molecule has 0 unspecified atom stereocenters. The molecule has 0 saturated carbocycles. The average molecular weight is 497 g/mol. The molecule has 2 aromatic rings. The van der Waals surface area contributed by atoms with Gasteiger partial charge in [0.2, 0.25) is 10.0 Å². The molecule has 0 spiro atoms. The molecule has 11 nitrogen and oxygen atoms in total. The Hall–Kier alpha value is -2.77. The lowest BCUT2D eigenvalue weighted by atomic mass is 10.1. The number of rotatable bonds is 8. The number of carbonyl (C=O) groups is 1. The number of anilines is 3. The van der Waals surface area contributed by atoms with Gasteiger partial charge in [0.25, 0.3) is 5.91 Å². The molecule has 1 aromatic heterocycles. The fourth-order valence-electron chi connectivity index (χ4n) is 3.56. The van der Waals surface area contributed by atoms with Gasteiger partial charge in [-0.2, -0.15) is 0 Å². The molecule has 13 heteroatoms. The van der Waals surface area contributed by atoms with Crippen molar-refractivity contribution in [3.8, 4) is 0 Å². The minimum absolute atomic E-state index is 0.0246. The van der Waals surface area contributed by atoms with Crippen molar-refractivity contribution in [2.24, 2.45) is 5.73 Å². The van der Waals surface area contributed by atoms with Gasteiger partial charge in [-0.25, -0.2) is 31.1 Å². The molecule has 1 aliphatic heterocycles. The molecule has 2 heterocycles. The van der Waals surface area contributed by atoms with Crippen molar-refractivity contribution < 1.29 is 21.6 Å². The summed E-state index contributed by atoms with van der Waals surface area (Å²) >= 11 is 0. The lowest BCUT2D eigenvalue weighted by molar-refractivity contribution is 0.0996. The van der Waals surface area contributed by atoms with Gasteiger partial charge in [-0.1, -0.05) is 13.0 Å². The minimum Gasteiger partial charge on any atom is -0.366 e. The topological polar surface area (TPSA) is 164 Å². The van der Waals surface area contributed by atoms with E-state index in [1.807, 2.05) is 6.92 Å². The molecule has 0 aliphatic carbocycles. The second kappa shape index (κ2) is 9.61. The zero-order valence-electron chi connectivity index (χ0n) is 18.7. The molecule has 1 fully saturated rings. The molecule has 4 N–H and O–H groups in total. The van der Waals surface area contributed by atoms with E-state index >= 15 is 0 Å². The predicted molar refractivity (Wildman–Crippen MR) is 126 cm³/mol. The molecule has 180 valence electrons. The molecule has 3 rings (SSSR count). The Morgan fingerprint density at radius 2 is 1.79 bits per heavy atom. The second-order valence-electron chi connectivity index (χ2n) is 7.94. The summed E-state index contributed by atoms with van der Waals surface area (Å²) in [7, 11) is -6.66. The van der Waals surface area contributed by atoms with Crippen molar-refractivity contribution in [1.82, 2.24) is 14.3 Å². The summed E-state index contributed by atoms with van der Waals surface area (Å²) in [5.74, 6) is -0.213. The number of sulfone groups is 1. The number of piperidine rings is 1. The number of amides is 1. The van der Waals surface area contributed by atoms with Gasteiger partial charge < -0.3 is 16.4 Å². The number of hydrogen-bond donors (Lipinski definition) is 3. The Bertz CT molecular complexity index is 1260. The van der Waals surface area contributed by atoms with Crippen molar-refractivity contribution in [2.75, 3.05) is 36.2 Å². The van der Waals surface area contributed by atoms with Crippen LogP contribution in [-0.4, -0.2) is 68.7 Å². The van der Waals surface area contributed by atoms with Crippen LogP contribution in [0, 0.1) is 0 Å². The van der Waals surface area contributed by atoms with Gasteiger partial charge >= 0.3 is 0 Å². The molecular weight excluding hydrogens is 468 g/mol. The van der Waals surface area contributed by atoms with Gasteiger partial charge in [0.1, 0.15) is 0 Å². The summed E-state index contributed by atoms with van der Waals surface area (Å²) in [6, 6.07) is 6.10. The first kappa shape index (κ1) is 24.9. The Morgan fingerprint density at radius 3 is 2.33 bits per heavy atom. The molecule has 0 radical (unpaired) electrons. The van der Waals surface area contributed by atoms with Crippen LogP contribution >= 0.6 is 0 Å². The summed E-state index contributed by atoms with van der Waals surface area (Å²) in [6.45, 7) is 2.66. The Kier molecular flexibility index (Phi) is 7.24. The van der Waals surface area contributed by atoms with E-state index < -0.39 is 25.8 Å². The van der Waals surface area contributed by atoms with Crippen LogP contribution < -0.4 is 16.4 Å². The number of sulfonamides is 1. The fraction of sp³-hybridized carbons (Fsp3) is 0.450. The molecule has 1 aliphatic rings. The zero-order valence-corrected chi connectivity index (χ0v) is 20.3. The fourth-order valence-corrected chi connectivity index (χ4v) is 5.10. The van der Waals surface area contributed by atoms with Crippen LogP contribution in [0.3, 0.4) is 0 Å². The number of carbonyl (C=O) groups excluding carboxylic acids is 1. The monoisotopic (exact) mass is 496 g/mol. The lowest BCUT2D eigenvalue weighted by Crippen LogP contribution is -2.42. The highest BCUT2D eigenvalue weighted by molar-refractivity contribution is 7.90. The van der Waals surface area contributed by atoms with Gasteiger partial charge in [0.05, 0.1) is 16.8 Å². The van der Waals surface area contributed by atoms with E-state index in [9.17, 15) is 21.6 Å². The first-order chi connectivity index (χ1) is 15.4. The van der Waals surface area contributed by atoms with E-state index in [2.05, 4.69) is 20.6 Å². The third-order valence-corrected chi connectivity index (χ3v) is 7.74. The molecule has 1 aromatic carbocycles. The Labute approximate surface area is 193 Å². The number of nitrogens with one attached hydrogen (secondary N) is 2. The smallest absolute Gasteiger partial charge is 0.271 e. The highest BCUT2D eigenvalue weighted by Crippen LogP contribution is 2.26. The summed E-state index contributed by atoms with van der Waals surface area (Å²) in [4.78, 5) is 21.1. The predicted octanol–water partition coefficient (Wildman–Crippen LogP) is 1.12. The van der Waals surface area contributed by atoms with E-state index in [4.69, 9.17) is 5.73 Å². The van der Waals surface area contributed by atoms with Crippen molar-refractivity contribution >= 4 is 43.1 Å². The van der Waals surface area contributed by atoms with E-state index in [0.717, 1.165) is 6.26 Å². The van der Waals surface area contributed by atoms with Gasteiger partial charge in [-0.15, -0.1) is 0 Å². The summed E-state index contributed by atoms with van der Waals surface area (Å²) in [5.41, 5.74) is 6.41. The van der Waals surface area contributed by atoms with Crippen molar-refractivity contribution in [3.05, 3.63) is 35.7 Å². The minimum atomic E-state index is -3.42. The Morgan fingerprint density at radius 1 is 1.12 bits per heavy atom. The maximum absolute atomic E-state index is 12.0. The lowest BCUT2D eigenvalue weighted by Gasteiger charge is -2.31. The van der Waals surface area contributed by atoms with Gasteiger partial charge in [0.15, 0.2) is 27.2 Å². The standard InChI is InChI=1S/C20H28N6O5S2/c1-4-16-19(22-13-8-10-26(11-9-13)33(3,30)31)25-20(17(24-16)18(21)27)23-14-6-5-7-15(12-14)32(2,28)29/h5-7,12-13H,4,8-11H2,1-3H3,(H2,21,27)(H2,22,23,25). The van der Waals surface area contributed by atoms with Gasteiger partial charge in [0, 0.05) is 31.1 Å². The molecule has 0 atom stereocenters. The molecular formula is C20H28N6O5S2. The van der Waals surface area contributed by atoms with E-state index in [1.165, 1.54) is 22.7 Å². The van der Waals surface area contributed by atoms with Crippen LogP contribution in [-0.2, 0) is 26.3 Å². The number of aromatic nitrogens is 2. The van der Waals surface area contributed by atoms with Crippen LogP contribution in [0.25, 0.3) is 0 Å². The van der Waals surface area contributed by atoms with Crippen LogP contribution in [0.1, 0.15) is 35.9 Å². The molecule has 1 saturated heterocycles. The second-order valence-corrected chi connectivity index (χ2v) is 11.9. The quantitative estimate of drug-likeness (QED) is 0.485. The van der Waals surface area contributed by atoms with Gasteiger partial charge in [-0.05, 0) is 37.5 Å². The normalized spacial score (nSPS) is 15.8. The zero-order chi connectivity index (χ0) is 24.4.